The highest BCUT2D eigenvalue weighted by Gasteiger charge is 2.30. The molecule has 0 aromatic carbocycles. The van der Waals surface area contributed by atoms with E-state index in [9.17, 15) is 5.11 Å². The van der Waals surface area contributed by atoms with E-state index in [1.165, 1.54) is 0 Å². The number of aliphatic hydroxyl groups is 1. The first kappa shape index (κ1) is 16.5. The quantitative estimate of drug-likeness (QED) is 0.409. The molecular weight excluding hydrogens is 310 g/mol. The number of aryl methyl sites for hydroxylation is 2. The SMILES string of the molecule is Cc1cc(N)n(C2NC(O)NC(n3nc(C)cc3N)N2)n1.Cl. The molecule has 0 aliphatic carbocycles. The standard InChI is InChI=1S/C11H19N9O.ClH/c1-5-3-7(12)19(17-5)9-14-10(16-11(21)15-9)20-8(13)4-6(2)18-20;/h3-4,9-11,14-16,21H,12-13H2,1-2H3;1H. The van der Waals surface area contributed by atoms with Crippen molar-refractivity contribution in [2.75, 3.05) is 11.5 Å². The Bertz CT molecular complexity index is 600. The van der Waals surface area contributed by atoms with E-state index in [1.807, 2.05) is 13.8 Å². The zero-order valence-corrected chi connectivity index (χ0v) is 13.0. The Morgan fingerprint density at radius 1 is 0.955 bits per heavy atom. The van der Waals surface area contributed by atoms with Gasteiger partial charge in [0.2, 0.25) is 0 Å². The molecule has 11 heteroatoms. The Hall–Kier alpha value is -1.85. The van der Waals surface area contributed by atoms with Crippen LogP contribution >= 0.6 is 12.4 Å². The number of nitrogens with zero attached hydrogens (tertiary/aromatic N) is 4. The molecule has 2 aromatic heterocycles. The Morgan fingerprint density at radius 3 is 1.68 bits per heavy atom. The topological polar surface area (TPSA) is 144 Å². The number of hydrogen-bond donors (Lipinski definition) is 6. The Kier molecular flexibility index (Phi) is 4.58. The smallest absolute Gasteiger partial charge is 0.165 e. The summed E-state index contributed by atoms with van der Waals surface area (Å²) in [6.45, 7) is 3.69. The van der Waals surface area contributed by atoms with E-state index in [-0.39, 0.29) is 12.4 Å². The molecule has 1 saturated heterocycles. The number of hydrogen-bond acceptors (Lipinski definition) is 8. The number of rotatable bonds is 2. The third-order valence-electron chi connectivity index (χ3n) is 3.21. The summed E-state index contributed by atoms with van der Waals surface area (Å²) in [6, 6.07) is 3.50. The van der Waals surface area contributed by atoms with Crippen molar-refractivity contribution in [2.24, 2.45) is 0 Å². The van der Waals surface area contributed by atoms with Crippen LogP contribution in [0, 0.1) is 13.8 Å². The first-order valence-corrected chi connectivity index (χ1v) is 6.53. The summed E-state index contributed by atoms with van der Waals surface area (Å²) < 4.78 is 3.11. The van der Waals surface area contributed by atoms with Gasteiger partial charge in [-0.15, -0.1) is 12.4 Å². The normalized spacial score (nSPS) is 25.0. The second kappa shape index (κ2) is 6.10. The molecule has 0 spiro atoms. The number of nitrogens with two attached hydrogens (primary N) is 2. The van der Waals surface area contributed by atoms with Gasteiger partial charge in [-0.05, 0) is 13.8 Å². The number of anilines is 2. The van der Waals surface area contributed by atoms with Crippen LogP contribution in [0.25, 0.3) is 0 Å². The van der Waals surface area contributed by atoms with E-state index >= 15 is 0 Å². The van der Waals surface area contributed by atoms with Crippen LogP contribution in [0.5, 0.6) is 0 Å². The Morgan fingerprint density at radius 2 is 1.36 bits per heavy atom. The molecular formula is C11H20ClN9O. The van der Waals surface area contributed by atoms with Gasteiger partial charge in [-0.25, -0.2) is 25.3 Å². The van der Waals surface area contributed by atoms with E-state index < -0.39 is 18.9 Å². The molecule has 3 rings (SSSR count). The summed E-state index contributed by atoms with van der Waals surface area (Å²) in [5, 5.41) is 27.5. The van der Waals surface area contributed by atoms with Crippen LogP contribution in [0.3, 0.4) is 0 Å². The largest absolute Gasteiger partial charge is 0.384 e. The van der Waals surface area contributed by atoms with Gasteiger partial charge in [0.1, 0.15) is 11.6 Å². The van der Waals surface area contributed by atoms with Gasteiger partial charge in [-0.1, -0.05) is 0 Å². The summed E-state index contributed by atoms with van der Waals surface area (Å²) in [4.78, 5) is 0. The molecule has 10 nitrogen and oxygen atoms in total. The molecule has 1 aliphatic heterocycles. The molecule has 0 radical (unpaired) electrons. The lowest BCUT2D eigenvalue weighted by molar-refractivity contribution is -0.0162. The van der Waals surface area contributed by atoms with Gasteiger partial charge in [0.25, 0.3) is 0 Å². The van der Waals surface area contributed by atoms with Crippen molar-refractivity contribution in [1.29, 1.82) is 0 Å². The summed E-state index contributed by atoms with van der Waals surface area (Å²) in [6.07, 6.45) is -1.96. The van der Waals surface area contributed by atoms with Gasteiger partial charge in [0.15, 0.2) is 18.9 Å². The lowest BCUT2D eigenvalue weighted by atomic mass is 10.5. The van der Waals surface area contributed by atoms with Crippen LogP contribution in [0.2, 0.25) is 0 Å². The minimum atomic E-state index is -0.964. The van der Waals surface area contributed by atoms with Crippen LogP contribution in [0.4, 0.5) is 11.6 Å². The van der Waals surface area contributed by atoms with Gasteiger partial charge in [-0.2, -0.15) is 10.2 Å². The molecule has 2 aromatic rings. The predicted octanol–water partition coefficient (Wildman–Crippen LogP) is -1.05. The van der Waals surface area contributed by atoms with E-state index in [0.717, 1.165) is 11.4 Å². The van der Waals surface area contributed by atoms with Crippen molar-refractivity contribution in [2.45, 2.75) is 32.8 Å². The molecule has 122 valence electrons. The summed E-state index contributed by atoms with van der Waals surface area (Å²) >= 11 is 0. The first-order valence-electron chi connectivity index (χ1n) is 6.53. The average molecular weight is 330 g/mol. The van der Waals surface area contributed by atoms with Crippen molar-refractivity contribution >= 4 is 24.0 Å². The minimum Gasteiger partial charge on any atom is -0.384 e. The fourth-order valence-corrected chi connectivity index (χ4v) is 2.36. The van der Waals surface area contributed by atoms with E-state index in [4.69, 9.17) is 11.5 Å². The third kappa shape index (κ3) is 3.00. The second-order valence-electron chi connectivity index (χ2n) is 5.02. The molecule has 8 N–H and O–H groups in total. The maximum Gasteiger partial charge on any atom is 0.165 e. The molecule has 0 saturated carbocycles. The molecule has 0 amide bonds. The average Bonchev–Trinajstić information content (AvgIpc) is 2.90. The number of nitrogens with one attached hydrogen (secondary N) is 3. The van der Waals surface area contributed by atoms with Gasteiger partial charge in [-0.3, -0.25) is 0 Å². The van der Waals surface area contributed by atoms with Crippen LogP contribution in [0.1, 0.15) is 24.0 Å². The van der Waals surface area contributed by atoms with Gasteiger partial charge in [0, 0.05) is 12.1 Å². The van der Waals surface area contributed by atoms with Crippen LogP contribution < -0.4 is 27.4 Å². The second-order valence-corrected chi connectivity index (χ2v) is 5.02. The van der Waals surface area contributed by atoms with E-state index in [1.54, 1.807) is 21.5 Å². The monoisotopic (exact) mass is 329 g/mol. The number of halogens is 1. The third-order valence-corrected chi connectivity index (χ3v) is 3.21. The van der Waals surface area contributed by atoms with Gasteiger partial charge < -0.3 is 16.6 Å². The molecule has 22 heavy (non-hydrogen) atoms. The summed E-state index contributed by atoms with van der Waals surface area (Å²) in [7, 11) is 0. The molecule has 0 bridgehead atoms. The zero-order chi connectivity index (χ0) is 15.1. The maximum atomic E-state index is 9.94. The highest BCUT2D eigenvalue weighted by atomic mass is 35.5. The first-order chi connectivity index (χ1) is 9.94. The van der Waals surface area contributed by atoms with Crippen LogP contribution in [-0.2, 0) is 0 Å². The maximum absolute atomic E-state index is 9.94. The Labute approximate surface area is 133 Å². The van der Waals surface area contributed by atoms with Crippen LogP contribution in [0.15, 0.2) is 12.1 Å². The highest BCUT2D eigenvalue weighted by Crippen LogP contribution is 2.17. The zero-order valence-electron chi connectivity index (χ0n) is 12.2. The lowest BCUT2D eigenvalue weighted by Crippen LogP contribution is -2.62. The number of aliphatic hydroxyl groups excluding tert-OH is 1. The van der Waals surface area contributed by atoms with Crippen molar-refractivity contribution in [3.8, 4) is 0 Å². The predicted molar refractivity (Wildman–Crippen MR) is 83.5 cm³/mol. The highest BCUT2D eigenvalue weighted by molar-refractivity contribution is 5.85. The fraction of sp³-hybridized carbons (Fsp3) is 0.455. The van der Waals surface area contributed by atoms with Crippen molar-refractivity contribution in [3.63, 3.8) is 0 Å². The fourth-order valence-electron chi connectivity index (χ4n) is 2.36. The van der Waals surface area contributed by atoms with Gasteiger partial charge in [0.05, 0.1) is 11.4 Å². The molecule has 1 aliphatic rings. The summed E-state index contributed by atoms with van der Waals surface area (Å²) in [5.74, 6) is 0.963. The van der Waals surface area contributed by atoms with E-state index in [2.05, 4.69) is 26.1 Å². The molecule has 2 atom stereocenters. The van der Waals surface area contributed by atoms with Crippen molar-refractivity contribution < 1.29 is 5.11 Å². The van der Waals surface area contributed by atoms with Gasteiger partial charge >= 0.3 is 0 Å². The lowest BCUT2D eigenvalue weighted by Gasteiger charge is -2.36. The van der Waals surface area contributed by atoms with Crippen molar-refractivity contribution in [3.05, 3.63) is 23.5 Å². The minimum absolute atomic E-state index is 0. The van der Waals surface area contributed by atoms with Crippen LogP contribution in [-0.4, -0.2) is 31.0 Å². The molecule has 3 heterocycles. The van der Waals surface area contributed by atoms with Crippen molar-refractivity contribution in [1.82, 2.24) is 35.5 Å². The molecule has 2 unspecified atom stereocenters. The molecule has 1 fully saturated rings. The summed E-state index contributed by atoms with van der Waals surface area (Å²) in [5.41, 5.74) is 13.4. The van der Waals surface area contributed by atoms with E-state index in [0.29, 0.717) is 11.6 Å². The number of aromatic nitrogens is 4. The number of nitrogen functional groups attached to an aromatic ring is 2. The Balaban J connectivity index is 0.00000176.